The Kier molecular flexibility index (Phi) is 5.64. The monoisotopic (exact) mass is 462 g/mol. The van der Waals surface area contributed by atoms with Crippen LogP contribution < -0.4 is 4.74 Å². The minimum absolute atomic E-state index is 0.0486. The number of hydrogen-bond donors (Lipinski definition) is 0. The van der Waals surface area contributed by atoms with Crippen molar-refractivity contribution in [1.29, 1.82) is 0 Å². The number of rotatable bonds is 4. The molecule has 0 N–H and O–H groups in total. The van der Waals surface area contributed by atoms with Crippen molar-refractivity contribution in [3.05, 3.63) is 57.8 Å². The van der Waals surface area contributed by atoms with Gasteiger partial charge >= 0.3 is 0 Å². The molecule has 0 aliphatic carbocycles. The first-order chi connectivity index (χ1) is 13.5. The number of likely N-dealkylation sites (tertiary alicyclic amines) is 1. The first-order valence-electron chi connectivity index (χ1n) is 9.25. The van der Waals surface area contributed by atoms with Gasteiger partial charge in [-0.2, -0.15) is 0 Å². The number of aryl methyl sites for hydroxylation is 1. The fourth-order valence-corrected chi connectivity index (χ4v) is 4.81. The molecule has 1 fully saturated rings. The largest absolute Gasteiger partial charge is 0.467 e. The van der Waals surface area contributed by atoms with Crippen LogP contribution in [0.4, 0.5) is 4.39 Å². The fraction of sp³-hybridized carbons (Fsp3) is 0.333. The molecule has 1 aliphatic rings. The second kappa shape index (κ2) is 8.17. The lowest BCUT2D eigenvalue weighted by molar-refractivity contribution is -0.132. The van der Waals surface area contributed by atoms with Crippen LogP contribution in [0, 0.1) is 12.7 Å². The summed E-state index contributed by atoms with van der Waals surface area (Å²) in [6, 6.07) is 11.2. The van der Waals surface area contributed by atoms with Gasteiger partial charge in [-0.25, -0.2) is 9.37 Å². The van der Waals surface area contributed by atoms with Gasteiger partial charge in [-0.15, -0.1) is 0 Å². The molecule has 3 aromatic rings. The highest BCUT2D eigenvalue weighted by molar-refractivity contribution is 9.10. The highest BCUT2D eigenvalue weighted by atomic mass is 79.9. The summed E-state index contributed by atoms with van der Waals surface area (Å²) in [5, 5.41) is 0.685. The Bertz CT molecular complexity index is 1010. The van der Waals surface area contributed by atoms with E-state index >= 15 is 0 Å². The molecule has 1 saturated heterocycles. The third kappa shape index (κ3) is 4.05. The predicted octanol–water partition coefficient (Wildman–Crippen LogP) is 5.12. The number of carbonyl (C=O) groups is 1. The van der Waals surface area contributed by atoms with E-state index in [4.69, 9.17) is 4.74 Å². The summed E-state index contributed by atoms with van der Waals surface area (Å²) in [6.45, 7) is 3.27. The number of nitrogens with zero attached hydrogens (tertiary/aromatic N) is 2. The Balaban J connectivity index is 1.34. The standard InChI is InChI=1S/C21H20BrFN2O2S/c1-13-4-2-7-17-20(13)24-21(28-17)27-15-8-10-25(11-9-15)18(26)12-14-5-3-6-16(22)19(14)23/h2-7,15H,8-12H2,1H3. The lowest BCUT2D eigenvalue weighted by Crippen LogP contribution is -2.42. The molecular weight excluding hydrogens is 443 g/mol. The van der Waals surface area contributed by atoms with Gasteiger partial charge in [-0.1, -0.05) is 35.6 Å². The average Bonchev–Trinajstić information content (AvgIpc) is 3.10. The highest BCUT2D eigenvalue weighted by Gasteiger charge is 2.25. The molecule has 2 aromatic carbocycles. The zero-order chi connectivity index (χ0) is 19.7. The third-order valence-corrected chi connectivity index (χ3v) is 6.56. The molecule has 1 amide bonds. The van der Waals surface area contributed by atoms with E-state index in [-0.39, 0.29) is 24.2 Å². The van der Waals surface area contributed by atoms with Crippen LogP contribution in [0.15, 0.2) is 40.9 Å². The summed E-state index contributed by atoms with van der Waals surface area (Å²) in [7, 11) is 0. The smallest absolute Gasteiger partial charge is 0.274 e. The lowest BCUT2D eigenvalue weighted by Gasteiger charge is -2.31. The minimum Gasteiger partial charge on any atom is -0.467 e. The molecule has 7 heteroatoms. The lowest BCUT2D eigenvalue weighted by atomic mass is 10.1. The molecule has 28 heavy (non-hydrogen) atoms. The first kappa shape index (κ1) is 19.3. The summed E-state index contributed by atoms with van der Waals surface area (Å²) in [4.78, 5) is 18.9. The van der Waals surface area contributed by atoms with E-state index in [1.807, 2.05) is 19.1 Å². The second-order valence-electron chi connectivity index (χ2n) is 6.99. The average molecular weight is 463 g/mol. The van der Waals surface area contributed by atoms with Gasteiger partial charge in [0.25, 0.3) is 5.19 Å². The number of aromatic nitrogens is 1. The Morgan fingerprint density at radius 2 is 2.04 bits per heavy atom. The van der Waals surface area contributed by atoms with E-state index in [0.717, 1.165) is 28.6 Å². The highest BCUT2D eigenvalue weighted by Crippen LogP contribution is 2.31. The summed E-state index contributed by atoms with van der Waals surface area (Å²) in [5.41, 5.74) is 2.55. The molecule has 0 spiro atoms. The van der Waals surface area contributed by atoms with Gasteiger partial charge in [0.05, 0.1) is 21.1 Å². The van der Waals surface area contributed by atoms with Crippen molar-refractivity contribution in [2.45, 2.75) is 32.3 Å². The van der Waals surface area contributed by atoms with Crippen LogP contribution >= 0.6 is 27.3 Å². The maximum absolute atomic E-state index is 14.1. The van der Waals surface area contributed by atoms with E-state index in [2.05, 4.69) is 27.0 Å². The summed E-state index contributed by atoms with van der Waals surface area (Å²) < 4.78 is 21.7. The molecule has 0 radical (unpaired) electrons. The van der Waals surface area contributed by atoms with Crippen molar-refractivity contribution < 1.29 is 13.9 Å². The van der Waals surface area contributed by atoms with Crippen molar-refractivity contribution in [3.63, 3.8) is 0 Å². The third-order valence-electron chi connectivity index (χ3n) is 5.04. The topological polar surface area (TPSA) is 42.4 Å². The molecule has 0 saturated carbocycles. The van der Waals surface area contributed by atoms with Gasteiger partial charge < -0.3 is 9.64 Å². The fourth-order valence-electron chi connectivity index (χ4n) is 3.44. The van der Waals surface area contributed by atoms with Gasteiger partial charge in [0, 0.05) is 25.9 Å². The van der Waals surface area contributed by atoms with Crippen molar-refractivity contribution in [2.75, 3.05) is 13.1 Å². The zero-order valence-electron chi connectivity index (χ0n) is 15.5. The Labute approximate surface area is 175 Å². The molecule has 2 heterocycles. The number of fused-ring (bicyclic) bond motifs is 1. The number of hydrogen-bond acceptors (Lipinski definition) is 4. The first-order valence-corrected chi connectivity index (χ1v) is 10.9. The van der Waals surface area contributed by atoms with E-state index < -0.39 is 0 Å². The second-order valence-corrected chi connectivity index (χ2v) is 8.84. The van der Waals surface area contributed by atoms with Crippen LogP contribution in [0.2, 0.25) is 0 Å². The van der Waals surface area contributed by atoms with Gasteiger partial charge in [-0.05, 0) is 46.1 Å². The van der Waals surface area contributed by atoms with Crippen molar-refractivity contribution in [3.8, 4) is 5.19 Å². The molecule has 146 valence electrons. The molecule has 0 atom stereocenters. The Morgan fingerprint density at radius 3 is 2.79 bits per heavy atom. The van der Waals surface area contributed by atoms with Crippen LogP contribution in [0.1, 0.15) is 24.0 Å². The van der Waals surface area contributed by atoms with Crippen LogP contribution in [0.5, 0.6) is 5.19 Å². The molecule has 0 bridgehead atoms. The summed E-state index contributed by atoms with van der Waals surface area (Å²) >= 11 is 4.72. The van der Waals surface area contributed by atoms with E-state index in [1.54, 1.807) is 34.4 Å². The van der Waals surface area contributed by atoms with Crippen LogP contribution in [-0.2, 0) is 11.2 Å². The van der Waals surface area contributed by atoms with Crippen LogP contribution in [0.3, 0.4) is 0 Å². The quantitative estimate of drug-likeness (QED) is 0.540. The molecular formula is C21H20BrFN2O2S. The van der Waals surface area contributed by atoms with E-state index in [9.17, 15) is 9.18 Å². The van der Waals surface area contributed by atoms with Gasteiger partial charge in [0.1, 0.15) is 11.9 Å². The zero-order valence-corrected chi connectivity index (χ0v) is 17.9. The van der Waals surface area contributed by atoms with E-state index in [1.165, 1.54) is 0 Å². The van der Waals surface area contributed by atoms with Crippen molar-refractivity contribution >= 4 is 43.4 Å². The SMILES string of the molecule is Cc1cccc2sc(OC3CCN(C(=O)Cc4cccc(Br)c4F)CC3)nc12. The predicted molar refractivity (Wildman–Crippen MR) is 112 cm³/mol. The van der Waals surface area contributed by atoms with Crippen LogP contribution in [0.25, 0.3) is 10.2 Å². The molecule has 0 unspecified atom stereocenters. The maximum atomic E-state index is 14.1. The Morgan fingerprint density at radius 1 is 1.29 bits per heavy atom. The number of halogens is 2. The van der Waals surface area contributed by atoms with Gasteiger partial charge in [0.2, 0.25) is 5.91 Å². The number of para-hydroxylation sites is 1. The molecule has 1 aromatic heterocycles. The van der Waals surface area contributed by atoms with Gasteiger partial charge in [-0.3, -0.25) is 4.79 Å². The number of amides is 1. The summed E-state index contributed by atoms with van der Waals surface area (Å²) in [6.07, 6.45) is 1.63. The molecule has 4 rings (SSSR count). The molecule has 1 aliphatic heterocycles. The van der Waals surface area contributed by atoms with E-state index in [0.29, 0.717) is 28.3 Å². The maximum Gasteiger partial charge on any atom is 0.274 e. The van der Waals surface area contributed by atoms with Crippen molar-refractivity contribution in [2.24, 2.45) is 0 Å². The number of carbonyl (C=O) groups excluding carboxylic acids is 1. The minimum atomic E-state index is -0.361. The summed E-state index contributed by atoms with van der Waals surface area (Å²) in [5.74, 6) is -0.411. The number of ether oxygens (including phenoxy) is 1. The van der Waals surface area contributed by atoms with Crippen molar-refractivity contribution in [1.82, 2.24) is 9.88 Å². The normalized spacial score (nSPS) is 15.2. The molecule has 4 nitrogen and oxygen atoms in total. The number of thiazole rings is 1. The Hall–Kier alpha value is -1.99. The number of benzene rings is 2. The number of piperidine rings is 1. The van der Waals surface area contributed by atoms with Gasteiger partial charge in [0.15, 0.2) is 0 Å². The van der Waals surface area contributed by atoms with Crippen LogP contribution in [-0.4, -0.2) is 35.0 Å².